The van der Waals surface area contributed by atoms with E-state index in [1.807, 2.05) is 7.11 Å². The summed E-state index contributed by atoms with van der Waals surface area (Å²) < 4.78 is 5.24. The van der Waals surface area contributed by atoms with Gasteiger partial charge in [0.1, 0.15) is 0 Å². The Morgan fingerprint density at radius 3 is 2.62 bits per heavy atom. The highest BCUT2D eigenvalue weighted by atomic mass is 28.3. The van der Waals surface area contributed by atoms with Gasteiger partial charge in [-0.05, 0) is 25.6 Å². The van der Waals surface area contributed by atoms with Crippen molar-refractivity contribution in [2.24, 2.45) is 0 Å². The fourth-order valence-electron chi connectivity index (χ4n) is 2.09. The highest BCUT2D eigenvalue weighted by Crippen LogP contribution is 2.19. The van der Waals surface area contributed by atoms with Crippen LogP contribution in [0.2, 0.25) is 19.6 Å². The molecule has 1 rings (SSSR count). The molecular weight excluding hydrogens is 178 g/mol. The standard InChI is InChI=1S/C10H23NOSi/c1-12-8-10-6-5-7-11(10)9-13(2,3)4/h10H,5-9H2,1-4H3. The lowest BCUT2D eigenvalue weighted by atomic mass is 10.2. The van der Waals surface area contributed by atoms with Gasteiger partial charge in [0.2, 0.25) is 0 Å². The average Bonchev–Trinajstić information content (AvgIpc) is 2.34. The zero-order valence-electron chi connectivity index (χ0n) is 9.47. The first-order valence-electron chi connectivity index (χ1n) is 5.26. The van der Waals surface area contributed by atoms with Crippen molar-refractivity contribution in [1.29, 1.82) is 0 Å². The van der Waals surface area contributed by atoms with Crippen molar-refractivity contribution in [2.75, 3.05) is 26.4 Å². The van der Waals surface area contributed by atoms with Crippen molar-refractivity contribution in [3.8, 4) is 0 Å². The molecule has 78 valence electrons. The summed E-state index contributed by atoms with van der Waals surface area (Å²) in [6, 6.07) is 0.705. The van der Waals surface area contributed by atoms with Crippen LogP contribution in [0, 0.1) is 0 Å². The van der Waals surface area contributed by atoms with Gasteiger partial charge in [0.25, 0.3) is 0 Å². The number of likely N-dealkylation sites (tertiary alicyclic amines) is 1. The van der Waals surface area contributed by atoms with E-state index in [0.717, 1.165) is 6.61 Å². The van der Waals surface area contributed by atoms with Gasteiger partial charge in [0, 0.05) is 13.2 Å². The third-order valence-corrected chi connectivity index (χ3v) is 3.89. The third-order valence-electron chi connectivity index (χ3n) is 2.54. The summed E-state index contributed by atoms with van der Waals surface area (Å²) in [6.07, 6.45) is 4.03. The molecule has 0 radical (unpaired) electrons. The first-order valence-corrected chi connectivity index (χ1v) is 8.96. The normalized spacial score (nSPS) is 25.4. The maximum atomic E-state index is 5.24. The lowest BCUT2D eigenvalue weighted by Crippen LogP contribution is -2.44. The Bertz CT molecular complexity index is 155. The zero-order valence-corrected chi connectivity index (χ0v) is 10.5. The molecule has 1 aliphatic rings. The second kappa shape index (κ2) is 4.58. The molecular formula is C10H23NOSi. The minimum atomic E-state index is -0.923. The summed E-state index contributed by atoms with van der Waals surface area (Å²) in [4.78, 5) is 2.63. The van der Waals surface area contributed by atoms with Crippen molar-refractivity contribution in [2.45, 2.75) is 38.5 Å². The van der Waals surface area contributed by atoms with Gasteiger partial charge in [-0.25, -0.2) is 0 Å². The number of rotatable bonds is 4. The van der Waals surface area contributed by atoms with Gasteiger partial charge in [-0.3, -0.25) is 0 Å². The average molecular weight is 201 g/mol. The number of methoxy groups -OCH3 is 1. The fraction of sp³-hybridized carbons (Fsp3) is 1.00. The monoisotopic (exact) mass is 201 g/mol. The van der Waals surface area contributed by atoms with E-state index in [9.17, 15) is 0 Å². The lowest BCUT2D eigenvalue weighted by molar-refractivity contribution is 0.124. The smallest absolute Gasteiger partial charge is 0.0617 e. The molecule has 0 aliphatic carbocycles. The Morgan fingerprint density at radius 1 is 1.38 bits per heavy atom. The summed E-state index contributed by atoms with van der Waals surface area (Å²) in [5, 5.41) is 0. The van der Waals surface area contributed by atoms with E-state index in [-0.39, 0.29) is 0 Å². The second-order valence-corrected chi connectivity index (χ2v) is 10.7. The van der Waals surface area contributed by atoms with E-state index in [2.05, 4.69) is 24.5 Å². The highest BCUT2D eigenvalue weighted by molar-refractivity contribution is 6.76. The molecule has 0 aromatic rings. The molecule has 1 heterocycles. The zero-order chi connectivity index (χ0) is 9.90. The van der Waals surface area contributed by atoms with Crippen LogP contribution in [0.5, 0.6) is 0 Å². The maximum absolute atomic E-state index is 5.24. The van der Waals surface area contributed by atoms with Crippen LogP contribution in [0.15, 0.2) is 0 Å². The van der Waals surface area contributed by atoms with E-state index < -0.39 is 8.07 Å². The molecule has 1 fully saturated rings. The maximum Gasteiger partial charge on any atom is 0.0617 e. The molecule has 13 heavy (non-hydrogen) atoms. The third kappa shape index (κ3) is 3.79. The topological polar surface area (TPSA) is 12.5 Å². The van der Waals surface area contributed by atoms with E-state index in [1.54, 1.807) is 0 Å². The second-order valence-electron chi connectivity index (χ2n) is 5.28. The largest absolute Gasteiger partial charge is 0.383 e. The van der Waals surface area contributed by atoms with E-state index in [0.29, 0.717) is 6.04 Å². The van der Waals surface area contributed by atoms with Crippen LogP contribution in [-0.4, -0.2) is 45.4 Å². The lowest BCUT2D eigenvalue weighted by Gasteiger charge is -2.29. The Hall–Kier alpha value is 0.137. The Kier molecular flexibility index (Phi) is 3.95. The molecule has 0 aromatic heterocycles. The van der Waals surface area contributed by atoms with Crippen molar-refractivity contribution < 1.29 is 4.74 Å². The van der Waals surface area contributed by atoms with Gasteiger partial charge in [0.15, 0.2) is 0 Å². The first-order chi connectivity index (χ1) is 6.03. The van der Waals surface area contributed by atoms with Crippen molar-refractivity contribution in [1.82, 2.24) is 4.90 Å². The molecule has 1 saturated heterocycles. The van der Waals surface area contributed by atoms with E-state index in [4.69, 9.17) is 4.74 Å². The predicted octanol–water partition coefficient (Wildman–Crippen LogP) is 1.97. The number of hydrogen-bond acceptors (Lipinski definition) is 2. The van der Waals surface area contributed by atoms with E-state index in [1.165, 1.54) is 25.6 Å². The van der Waals surface area contributed by atoms with Gasteiger partial charge in [-0.2, -0.15) is 0 Å². The number of ether oxygens (including phenoxy) is 1. The van der Waals surface area contributed by atoms with Crippen molar-refractivity contribution >= 4 is 8.07 Å². The molecule has 1 aliphatic heterocycles. The molecule has 1 unspecified atom stereocenters. The summed E-state index contributed by atoms with van der Waals surface area (Å²) in [7, 11) is 0.888. The molecule has 0 bridgehead atoms. The van der Waals surface area contributed by atoms with Crippen LogP contribution >= 0.6 is 0 Å². The van der Waals surface area contributed by atoms with E-state index >= 15 is 0 Å². The van der Waals surface area contributed by atoms with Gasteiger partial charge in [-0.15, -0.1) is 0 Å². The Labute approximate surface area is 83.3 Å². The minimum Gasteiger partial charge on any atom is -0.383 e. The minimum absolute atomic E-state index is 0.705. The molecule has 0 spiro atoms. The molecule has 0 N–H and O–H groups in total. The van der Waals surface area contributed by atoms with Crippen molar-refractivity contribution in [3.63, 3.8) is 0 Å². The summed E-state index contributed by atoms with van der Waals surface area (Å²) in [6.45, 7) is 9.53. The summed E-state index contributed by atoms with van der Waals surface area (Å²) in [5.41, 5.74) is 0. The van der Waals surface area contributed by atoms with Gasteiger partial charge < -0.3 is 9.64 Å². The van der Waals surface area contributed by atoms with Crippen LogP contribution < -0.4 is 0 Å². The molecule has 0 aromatic carbocycles. The number of nitrogens with zero attached hydrogens (tertiary/aromatic N) is 1. The first kappa shape index (κ1) is 11.2. The molecule has 1 atom stereocenters. The fourth-order valence-corrected chi connectivity index (χ4v) is 3.73. The Morgan fingerprint density at radius 2 is 2.08 bits per heavy atom. The highest BCUT2D eigenvalue weighted by Gasteiger charge is 2.28. The summed E-state index contributed by atoms with van der Waals surface area (Å²) >= 11 is 0. The van der Waals surface area contributed by atoms with Gasteiger partial charge in [-0.1, -0.05) is 19.6 Å². The quantitative estimate of drug-likeness (QED) is 0.645. The predicted molar refractivity (Wildman–Crippen MR) is 59.8 cm³/mol. The van der Waals surface area contributed by atoms with Crippen LogP contribution in [0.4, 0.5) is 0 Å². The SMILES string of the molecule is COCC1CCCN1C[Si](C)(C)C. The van der Waals surface area contributed by atoms with Crippen LogP contribution in [-0.2, 0) is 4.74 Å². The number of hydrogen-bond donors (Lipinski definition) is 0. The van der Waals surface area contributed by atoms with Gasteiger partial charge >= 0.3 is 0 Å². The Balaban J connectivity index is 2.39. The molecule has 3 heteroatoms. The van der Waals surface area contributed by atoms with Crippen LogP contribution in [0.3, 0.4) is 0 Å². The van der Waals surface area contributed by atoms with Crippen molar-refractivity contribution in [3.05, 3.63) is 0 Å². The van der Waals surface area contributed by atoms with Gasteiger partial charge in [0.05, 0.1) is 14.7 Å². The molecule has 0 saturated carbocycles. The molecule has 0 amide bonds. The molecule has 2 nitrogen and oxygen atoms in total. The summed E-state index contributed by atoms with van der Waals surface area (Å²) in [5.74, 6) is 0. The van der Waals surface area contributed by atoms with Crippen LogP contribution in [0.25, 0.3) is 0 Å². The van der Waals surface area contributed by atoms with Crippen LogP contribution in [0.1, 0.15) is 12.8 Å².